The lowest BCUT2D eigenvalue weighted by atomic mass is 9.95. The first-order valence-electron chi connectivity index (χ1n) is 10.6. The number of aromatic nitrogens is 1. The van der Waals surface area contributed by atoms with Gasteiger partial charge in [-0.15, -0.1) is 0 Å². The first kappa shape index (κ1) is 25.7. The molecule has 0 bridgehead atoms. The lowest BCUT2D eigenvalue weighted by molar-refractivity contribution is -0.136. The highest BCUT2D eigenvalue weighted by Crippen LogP contribution is 2.36. The van der Waals surface area contributed by atoms with Gasteiger partial charge in [-0.05, 0) is 48.4 Å². The van der Waals surface area contributed by atoms with Crippen molar-refractivity contribution >= 4 is 52.6 Å². The van der Waals surface area contributed by atoms with Crippen LogP contribution in [-0.4, -0.2) is 30.7 Å². The number of benzene rings is 2. The van der Waals surface area contributed by atoms with Crippen molar-refractivity contribution in [2.24, 2.45) is 4.99 Å². The molecule has 2 heterocycles. The molecule has 0 spiro atoms. The number of esters is 2. The van der Waals surface area contributed by atoms with Gasteiger partial charge in [0.1, 0.15) is 0 Å². The number of hydrogen-bond donors (Lipinski definition) is 0. The summed E-state index contributed by atoms with van der Waals surface area (Å²) in [5.74, 6) is -0.671. The summed E-state index contributed by atoms with van der Waals surface area (Å²) in [6.07, 6.45) is 1.65. The second-order valence-electron chi connectivity index (χ2n) is 7.74. The van der Waals surface area contributed by atoms with Gasteiger partial charge in [0.25, 0.3) is 5.56 Å². The Morgan fingerprint density at radius 1 is 1.11 bits per heavy atom. The highest BCUT2D eigenvalue weighted by atomic mass is 35.5. The van der Waals surface area contributed by atoms with E-state index in [9.17, 15) is 14.4 Å². The molecule has 0 saturated heterocycles. The lowest BCUT2D eigenvalue weighted by Crippen LogP contribution is -2.39. The van der Waals surface area contributed by atoms with Crippen LogP contribution in [0.5, 0.6) is 11.5 Å². The SMILES string of the molecule is COC(=O)C1=C(C)N=c2s/c(=C/c3ccc(Cl)cc3Cl)c(=O)n2[C@H]1c1ccc(OC(C)=O)c(OC)c1. The summed E-state index contributed by atoms with van der Waals surface area (Å²) in [4.78, 5) is 42.9. The molecule has 36 heavy (non-hydrogen) atoms. The van der Waals surface area contributed by atoms with Crippen LogP contribution in [-0.2, 0) is 14.3 Å². The van der Waals surface area contributed by atoms with E-state index in [4.69, 9.17) is 37.4 Å². The maximum absolute atomic E-state index is 13.6. The molecule has 4 rings (SSSR count). The van der Waals surface area contributed by atoms with Crippen molar-refractivity contribution in [3.05, 3.63) is 88.5 Å². The van der Waals surface area contributed by atoms with Crippen molar-refractivity contribution in [1.82, 2.24) is 4.57 Å². The van der Waals surface area contributed by atoms with E-state index in [1.165, 1.54) is 25.7 Å². The van der Waals surface area contributed by atoms with Gasteiger partial charge in [-0.1, -0.05) is 46.7 Å². The molecule has 0 amide bonds. The topological polar surface area (TPSA) is 96.2 Å². The van der Waals surface area contributed by atoms with Crippen molar-refractivity contribution in [2.75, 3.05) is 14.2 Å². The molecule has 0 fully saturated rings. The molecule has 8 nitrogen and oxygen atoms in total. The molecule has 0 unspecified atom stereocenters. The van der Waals surface area contributed by atoms with E-state index in [1.807, 2.05) is 0 Å². The second-order valence-corrected chi connectivity index (χ2v) is 9.60. The van der Waals surface area contributed by atoms with Crippen LogP contribution in [0.25, 0.3) is 6.08 Å². The predicted octanol–water partition coefficient (Wildman–Crippen LogP) is 3.65. The highest BCUT2D eigenvalue weighted by Gasteiger charge is 2.33. The number of allylic oxidation sites excluding steroid dienone is 1. The van der Waals surface area contributed by atoms with Gasteiger partial charge in [0, 0.05) is 17.0 Å². The van der Waals surface area contributed by atoms with Crippen LogP contribution in [0.15, 0.2) is 57.5 Å². The molecule has 2 aromatic carbocycles. The van der Waals surface area contributed by atoms with E-state index in [-0.39, 0.29) is 22.6 Å². The fraction of sp³-hybridized carbons (Fsp3) is 0.200. The van der Waals surface area contributed by atoms with Crippen LogP contribution in [0.4, 0.5) is 0 Å². The number of thiazole rings is 1. The first-order chi connectivity index (χ1) is 17.1. The summed E-state index contributed by atoms with van der Waals surface area (Å²) >= 11 is 13.5. The lowest BCUT2D eigenvalue weighted by Gasteiger charge is -2.25. The largest absolute Gasteiger partial charge is 0.493 e. The van der Waals surface area contributed by atoms with Gasteiger partial charge in [-0.25, -0.2) is 9.79 Å². The van der Waals surface area contributed by atoms with Gasteiger partial charge in [-0.2, -0.15) is 0 Å². The summed E-state index contributed by atoms with van der Waals surface area (Å²) in [5.41, 5.74) is 1.39. The Labute approximate surface area is 219 Å². The zero-order valence-corrected chi connectivity index (χ0v) is 22.0. The van der Waals surface area contributed by atoms with Crippen LogP contribution < -0.4 is 24.4 Å². The van der Waals surface area contributed by atoms with E-state index in [0.29, 0.717) is 36.2 Å². The molecule has 1 aromatic heterocycles. The second kappa shape index (κ2) is 10.3. The minimum Gasteiger partial charge on any atom is -0.493 e. The van der Waals surface area contributed by atoms with E-state index in [1.54, 1.807) is 49.4 Å². The molecular formula is C25H20Cl2N2O6S. The van der Waals surface area contributed by atoms with Gasteiger partial charge in [0.05, 0.1) is 36.1 Å². The molecule has 1 atom stereocenters. The fourth-order valence-electron chi connectivity index (χ4n) is 3.86. The third-order valence-corrected chi connectivity index (χ3v) is 6.98. The standard InChI is InChI=1S/C25H20Cl2N2O6S/c1-12-21(24(32)34-4)22(15-6-8-18(35-13(2)30)19(9-15)33-3)29-23(31)20(36-25(29)28-12)10-14-5-7-16(26)11-17(14)27/h5-11,22H,1-4H3/b20-10+/t22-/m0/s1. The zero-order valence-electron chi connectivity index (χ0n) is 19.6. The number of hydrogen-bond acceptors (Lipinski definition) is 8. The summed E-state index contributed by atoms with van der Waals surface area (Å²) in [5, 5.41) is 0.866. The smallest absolute Gasteiger partial charge is 0.338 e. The normalized spacial score (nSPS) is 15.3. The summed E-state index contributed by atoms with van der Waals surface area (Å²) < 4.78 is 17.4. The zero-order chi connectivity index (χ0) is 26.1. The van der Waals surface area contributed by atoms with Crippen molar-refractivity contribution in [3.8, 4) is 11.5 Å². The number of halogens is 2. The van der Waals surface area contributed by atoms with Gasteiger partial charge >= 0.3 is 11.9 Å². The number of ether oxygens (including phenoxy) is 3. The van der Waals surface area contributed by atoms with Crippen LogP contribution >= 0.6 is 34.5 Å². The number of carbonyl (C=O) groups is 2. The Balaban J connectivity index is 1.96. The molecule has 0 radical (unpaired) electrons. The molecule has 1 aliphatic rings. The van der Waals surface area contributed by atoms with E-state index in [0.717, 1.165) is 11.3 Å². The fourth-order valence-corrected chi connectivity index (χ4v) is 5.36. The third kappa shape index (κ3) is 4.82. The average Bonchev–Trinajstić information content (AvgIpc) is 3.13. The maximum atomic E-state index is 13.6. The van der Waals surface area contributed by atoms with Gasteiger partial charge in [0.2, 0.25) is 0 Å². The number of carbonyl (C=O) groups excluding carboxylic acids is 2. The van der Waals surface area contributed by atoms with Gasteiger partial charge < -0.3 is 14.2 Å². The van der Waals surface area contributed by atoms with Crippen molar-refractivity contribution in [1.29, 1.82) is 0 Å². The van der Waals surface area contributed by atoms with Crippen LogP contribution in [0.1, 0.15) is 31.0 Å². The Hall–Kier alpha value is -3.40. The molecule has 0 aliphatic carbocycles. The molecule has 186 valence electrons. The Kier molecular flexibility index (Phi) is 7.35. The minimum atomic E-state index is -0.864. The summed E-state index contributed by atoms with van der Waals surface area (Å²) in [6.45, 7) is 2.95. The van der Waals surface area contributed by atoms with Crippen molar-refractivity contribution in [3.63, 3.8) is 0 Å². The third-order valence-electron chi connectivity index (χ3n) is 5.43. The highest BCUT2D eigenvalue weighted by molar-refractivity contribution is 7.07. The molecule has 11 heteroatoms. The number of methoxy groups -OCH3 is 2. The van der Waals surface area contributed by atoms with E-state index in [2.05, 4.69) is 4.99 Å². The van der Waals surface area contributed by atoms with Gasteiger partial charge in [-0.3, -0.25) is 14.2 Å². The van der Waals surface area contributed by atoms with Crippen molar-refractivity contribution in [2.45, 2.75) is 19.9 Å². The van der Waals surface area contributed by atoms with Gasteiger partial charge in [0.15, 0.2) is 16.3 Å². The maximum Gasteiger partial charge on any atom is 0.338 e. The monoisotopic (exact) mass is 546 g/mol. The molecule has 3 aromatic rings. The Morgan fingerprint density at radius 2 is 1.86 bits per heavy atom. The molecule has 0 saturated carbocycles. The molecule has 0 N–H and O–H groups in total. The van der Waals surface area contributed by atoms with E-state index >= 15 is 0 Å². The van der Waals surface area contributed by atoms with Crippen LogP contribution in [0.2, 0.25) is 10.0 Å². The summed E-state index contributed by atoms with van der Waals surface area (Å²) in [6, 6.07) is 8.92. The van der Waals surface area contributed by atoms with Crippen LogP contribution in [0, 0.1) is 0 Å². The summed E-state index contributed by atoms with van der Waals surface area (Å²) in [7, 11) is 2.69. The van der Waals surface area contributed by atoms with Crippen LogP contribution in [0.3, 0.4) is 0 Å². The number of fused-ring (bicyclic) bond motifs is 1. The Bertz CT molecular complexity index is 1610. The first-order valence-corrected chi connectivity index (χ1v) is 12.1. The predicted molar refractivity (Wildman–Crippen MR) is 137 cm³/mol. The Morgan fingerprint density at radius 3 is 2.50 bits per heavy atom. The average molecular weight is 547 g/mol. The minimum absolute atomic E-state index is 0.197. The molecular weight excluding hydrogens is 527 g/mol. The number of rotatable bonds is 5. The van der Waals surface area contributed by atoms with Crippen molar-refractivity contribution < 1.29 is 23.8 Å². The molecule has 1 aliphatic heterocycles. The number of nitrogens with zero attached hydrogens (tertiary/aromatic N) is 2. The van der Waals surface area contributed by atoms with E-state index < -0.39 is 18.0 Å². The quantitative estimate of drug-likeness (QED) is 0.358.